The summed E-state index contributed by atoms with van der Waals surface area (Å²) in [6, 6.07) is 3.31. The van der Waals surface area contributed by atoms with E-state index in [9.17, 15) is 0 Å². The first-order valence-corrected chi connectivity index (χ1v) is 6.85. The summed E-state index contributed by atoms with van der Waals surface area (Å²) in [7, 11) is 0. The molecular weight excluding hydrogens is 220 g/mol. The van der Waals surface area contributed by atoms with Gasteiger partial charge in [-0.05, 0) is 18.7 Å². The zero-order valence-corrected chi connectivity index (χ0v) is 10.2. The fraction of sp³-hybridized carbons (Fsp3) is 0.636. The minimum atomic E-state index is 0.718. The quantitative estimate of drug-likeness (QED) is 0.731. The van der Waals surface area contributed by atoms with Gasteiger partial charge in [-0.15, -0.1) is 0 Å². The molecule has 1 aromatic rings. The first-order chi connectivity index (χ1) is 7.86. The summed E-state index contributed by atoms with van der Waals surface area (Å²) in [6.45, 7) is 3.29. The molecule has 0 amide bonds. The van der Waals surface area contributed by atoms with Crippen molar-refractivity contribution in [3.8, 4) is 0 Å². The molecule has 0 aromatic carbocycles. The molecule has 3 saturated heterocycles. The average molecular weight is 236 g/mol. The van der Waals surface area contributed by atoms with Gasteiger partial charge < -0.3 is 0 Å². The van der Waals surface area contributed by atoms with E-state index in [2.05, 4.69) is 25.4 Å². The van der Waals surface area contributed by atoms with Gasteiger partial charge in [0.2, 0.25) is 0 Å². The van der Waals surface area contributed by atoms with Crippen molar-refractivity contribution < 1.29 is 0 Å². The van der Waals surface area contributed by atoms with Crippen molar-refractivity contribution in [1.82, 2.24) is 19.2 Å². The highest BCUT2D eigenvalue weighted by molar-refractivity contribution is 7.96. The van der Waals surface area contributed by atoms with Crippen LogP contribution in [0.15, 0.2) is 18.5 Å². The van der Waals surface area contributed by atoms with Crippen LogP contribution in [0.1, 0.15) is 12.2 Å². The highest BCUT2D eigenvalue weighted by Crippen LogP contribution is 2.35. The van der Waals surface area contributed by atoms with Crippen LogP contribution < -0.4 is 0 Å². The fourth-order valence-corrected chi connectivity index (χ4v) is 3.27. The van der Waals surface area contributed by atoms with Gasteiger partial charge in [-0.3, -0.25) is 4.90 Å². The Morgan fingerprint density at radius 3 is 2.62 bits per heavy atom. The summed E-state index contributed by atoms with van der Waals surface area (Å²) in [4.78, 5) is 11.1. The summed E-state index contributed by atoms with van der Waals surface area (Å²) < 4.78 is 2.46. The summed E-state index contributed by atoms with van der Waals surface area (Å²) >= 11 is 1.86. The van der Waals surface area contributed by atoms with Crippen LogP contribution in [0.2, 0.25) is 0 Å². The second-order valence-corrected chi connectivity index (χ2v) is 5.29. The summed E-state index contributed by atoms with van der Waals surface area (Å²) in [6.07, 6.45) is 7.16. The molecule has 4 heterocycles. The van der Waals surface area contributed by atoms with Crippen molar-refractivity contribution in [1.29, 1.82) is 0 Å². The number of aromatic nitrogens is 2. The third kappa shape index (κ3) is 1.83. The Balaban J connectivity index is 1.63. The molecule has 3 aliphatic rings. The van der Waals surface area contributed by atoms with Gasteiger partial charge in [0.15, 0.2) is 0 Å². The summed E-state index contributed by atoms with van der Waals surface area (Å²) in [5, 5.41) is 0. The van der Waals surface area contributed by atoms with E-state index in [4.69, 9.17) is 0 Å². The summed E-state index contributed by atoms with van der Waals surface area (Å²) in [5.41, 5.74) is 0. The van der Waals surface area contributed by atoms with Crippen molar-refractivity contribution in [3.63, 3.8) is 0 Å². The van der Waals surface area contributed by atoms with Crippen LogP contribution in [-0.4, -0.2) is 50.6 Å². The average Bonchev–Trinajstić information content (AvgIpc) is 2.37. The molecule has 0 aliphatic carbocycles. The van der Waals surface area contributed by atoms with E-state index in [0.29, 0.717) is 0 Å². The minimum Gasteiger partial charge on any atom is -0.287 e. The Morgan fingerprint density at radius 1 is 1.31 bits per heavy atom. The molecule has 2 bridgehead atoms. The van der Waals surface area contributed by atoms with Crippen LogP contribution in [0, 0.1) is 0 Å². The van der Waals surface area contributed by atoms with E-state index < -0.39 is 0 Å². The van der Waals surface area contributed by atoms with Gasteiger partial charge in [0, 0.05) is 37.6 Å². The molecular formula is C11H16N4S. The van der Waals surface area contributed by atoms with Crippen molar-refractivity contribution >= 4 is 11.9 Å². The van der Waals surface area contributed by atoms with E-state index in [1.807, 2.05) is 30.4 Å². The van der Waals surface area contributed by atoms with E-state index in [0.717, 1.165) is 24.5 Å². The number of piperazine rings is 1. The second-order valence-electron chi connectivity index (χ2n) is 4.41. The monoisotopic (exact) mass is 236 g/mol. The molecule has 5 heteroatoms. The smallest absolute Gasteiger partial charge is 0.142 e. The molecule has 16 heavy (non-hydrogen) atoms. The number of hydrogen-bond acceptors (Lipinski definition) is 5. The Kier molecular flexibility index (Phi) is 2.83. The molecule has 2 atom stereocenters. The molecule has 0 spiro atoms. The third-order valence-electron chi connectivity index (χ3n) is 3.51. The highest BCUT2D eigenvalue weighted by Gasteiger charge is 2.44. The van der Waals surface area contributed by atoms with Crippen molar-refractivity contribution in [2.24, 2.45) is 0 Å². The van der Waals surface area contributed by atoms with Crippen molar-refractivity contribution in [2.75, 3.05) is 19.3 Å². The molecule has 0 radical (unpaired) electrons. The topological polar surface area (TPSA) is 32.3 Å². The number of piperidine rings is 1. The lowest BCUT2D eigenvalue weighted by molar-refractivity contribution is -0.0486. The maximum absolute atomic E-state index is 4.30. The van der Waals surface area contributed by atoms with E-state index in [-0.39, 0.29) is 0 Å². The van der Waals surface area contributed by atoms with Gasteiger partial charge in [0.1, 0.15) is 5.82 Å². The van der Waals surface area contributed by atoms with E-state index >= 15 is 0 Å². The van der Waals surface area contributed by atoms with Gasteiger partial charge in [-0.2, -0.15) is 0 Å². The predicted molar refractivity (Wildman–Crippen MR) is 64.9 cm³/mol. The molecule has 4 rings (SSSR count). The lowest BCUT2D eigenvalue weighted by atomic mass is 9.89. The van der Waals surface area contributed by atoms with Gasteiger partial charge in [0.25, 0.3) is 0 Å². The van der Waals surface area contributed by atoms with Crippen LogP contribution in [0.3, 0.4) is 0 Å². The largest absolute Gasteiger partial charge is 0.287 e. The highest BCUT2D eigenvalue weighted by atomic mass is 32.2. The minimum absolute atomic E-state index is 0.718. The molecule has 0 N–H and O–H groups in total. The number of fused-ring (bicyclic) bond motifs is 2. The fourth-order valence-electron chi connectivity index (χ4n) is 2.63. The van der Waals surface area contributed by atoms with Gasteiger partial charge in [-0.1, -0.05) is 11.9 Å². The van der Waals surface area contributed by atoms with Gasteiger partial charge in [0.05, 0.1) is 6.54 Å². The van der Waals surface area contributed by atoms with Crippen LogP contribution in [-0.2, 0) is 6.54 Å². The maximum atomic E-state index is 4.30. The Bertz CT molecular complexity index is 346. The molecule has 3 aliphatic heterocycles. The Hall–Kier alpha value is -0.650. The van der Waals surface area contributed by atoms with Crippen LogP contribution >= 0.6 is 11.9 Å². The molecule has 1 aromatic heterocycles. The standard InChI is InChI=1S/C11H16N4S/c1-16-14-6-9-5-10(7-14)15(9)8-11-12-3-2-4-13-11/h2-4,9-10H,5-8H2,1H3. The van der Waals surface area contributed by atoms with Crippen LogP contribution in [0.5, 0.6) is 0 Å². The second kappa shape index (κ2) is 4.31. The Labute approximate surface area is 100 Å². The lowest BCUT2D eigenvalue weighted by Gasteiger charge is -2.55. The first kappa shape index (κ1) is 10.5. The normalized spacial score (nSPS) is 30.1. The van der Waals surface area contributed by atoms with Gasteiger partial charge >= 0.3 is 0 Å². The molecule has 0 saturated carbocycles. The number of nitrogens with zero attached hydrogens (tertiary/aromatic N) is 4. The summed E-state index contributed by atoms with van der Waals surface area (Å²) in [5.74, 6) is 0.954. The third-order valence-corrected chi connectivity index (χ3v) is 4.33. The van der Waals surface area contributed by atoms with Crippen LogP contribution in [0.25, 0.3) is 0 Å². The van der Waals surface area contributed by atoms with E-state index in [1.54, 1.807) is 0 Å². The molecule has 3 fully saturated rings. The predicted octanol–water partition coefficient (Wildman–Crippen LogP) is 1.01. The number of rotatable bonds is 3. The van der Waals surface area contributed by atoms with E-state index in [1.165, 1.54) is 19.5 Å². The van der Waals surface area contributed by atoms with Crippen molar-refractivity contribution in [2.45, 2.75) is 25.0 Å². The first-order valence-electron chi connectivity index (χ1n) is 5.67. The van der Waals surface area contributed by atoms with Gasteiger partial charge in [-0.25, -0.2) is 14.3 Å². The zero-order valence-electron chi connectivity index (χ0n) is 9.41. The van der Waals surface area contributed by atoms with Crippen LogP contribution in [0.4, 0.5) is 0 Å². The molecule has 4 nitrogen and oxygen atoms in total. The lowest BCUT2D eigenvalue weighted by Crippen LogP contribution is -2.66. The number of hydrogen-bond donors (Lipinski definition) is 0. The van der Waals surface area contributed by atoms with Crippen molar-refractivity contribution in [3.05, 3.63) is 24.3 Å². The molecule has 86 valence electrons. The SMILES string of the molecule is CSN1CC2CC(C1)N2Cc1ncccn1. The Morgan fingerprint density at radius 2 is 2.00 bits per heavy atom. The molecule has 2 unspecified atom stereocenters. The maximum Gasteiger partial charge on any atom is 0.142 e. The zero-order chi connectivity index (χ0) is 11.0.